The van der Waals surface area contributed by atoms with Crippen LogP contribution in [-0.4, -0.2) is 32.2 Å². The zero-order valence-electron chi connectivity index (χ0n) is 36.3. The number of carbonyl (C=O) groups excluding carboxylic acids is 2. The lowest BCUT2D eigenvalue weighted by atomic mass is 9.82. The number of carbonyl (C=O) groups is 2. The number of amides is 2. The standard InChI is InChI=1S/C54H52N2O6/c1-29-21-41(22-30(2)49(29)57)47(42-23-31(3)50(58)32(4)24-42)37-13-17-45(18-14-37)55-53(61)39-9-11-40(12-10-39)54(62)56-46-19-15-38(16-20-46)48(43-25-33(5)51(59)34(6)26-43)44-27-35(7)52(60)36(8)28-44/h9-28,47-48,57-60H,1-8H3,(H,55,61)(H,56,62). The highest BCUT2D eigenvalue weighted by molar-refractivity contribution is 6.07. The first kappa shape index (κ1) is 42.8. The average molecular weight is 825 g/mol. The summed E-state index contributed by atoms with van der Waals surface area (Å²) < 4.78 is 0. The smallest absolute Gasteiger partial charge is 0.255 e. The van der Waals surface area contributed by atoms with Crippen LogP contribution in [0, 0.1) is 55.4 Å². The van der Waals surface area contributed by atoms with Gasteiger partial charge < -0.3 is 31.1 Å². The maximum atomic E-state index is 13.4. The largest absolute Gasteiger partial charge is 0.507 e. The van der Waals surface area contributed by atoms with Gasteiger partial charge in [0.2, 0.25) is 0 Å². The molecule has 0 fully saturated rings. The number of aromatic hydroxyl groups is 4. The zero-order chi connectivity index (χ0) is 44.6. The van der Waals surface area contributed by atoms with Crippen molar-refractivity contribution in [2.75, 3.05) is 10.6 Å². The topological polar surface area (TPSA) is 139 Å². The summed E-state index contributed by atoms with van der Waals surface area (Å²) in [5.74, 6) is 0.0403. The van der Waals surface area contributed by atoms with Crippen LogP contribution < -0.4 is 10.6 Å². The second-order valence-electron chi connectivity index (χ2n) is 16.6. The first-order chi connectivity index (χ1) is 29.5. The molecule has 62 heavy (non-hydrogen) atoms. The van der Waals surface area contributed by atoms with Gasteiger partial charge in [0, 0.05) is 34.3 Å². The molecule has 7 aromatic carbocycles. The molecule has 7 aromatic rings. The van der Waals surface area contributed by atoms with E-state index in [0.717, 1.165) is 77.9 Å². The highest BCUT2D eigenvalue weighted by Gasteiger charge is 2.23. The van der Waals surface area contributed by atoms with E-state index in [1.165, 1.54) is 0 Å². The molecule has 0 aliphatic rings. The van der Waals surface area contributed by atoms with Gasteiger partial charge >= 0.3 is 0 Å². The van der Waals surface area contributed by atoms with Gasteiger partial charge in [0.1, 0.15) is 23.0 Å². The monoisotopic (exact) mass is 824 g/mol. The summed E-state index contributed by atoms with van der Waals surface area (Å²) >= 11 is 0. The summed E-state index contributed by atoms with van der Waals surface area (Å²) in [5, 5.41) is 48.0. The van der Waals surface area contributed by atoms with E-state index in [9.17, 15) is 30.0 Å². The summed E-state index contributed by atoms with van der Waals surface area (Å²) in [4.78, 5) is 26.8. The van der Waals surface area contributed by atoms with Crippen molar-refractivity contribution in [3.05, 3.63) is 210 Å². The summed E-state index contributed by atoms with van der Waals surface area (Å²) in [7, 11) is 0. The Balaban J connectivity index is 1.05. The number of anilines is 2. The van der Waals surface area contributed by atoms with E-state index >= 15 is 0 Å². The quantitative estimate of drug-likeness (QED) is 0.0759. The zero-order valence-corrected chi connectivity index (χ0v) is 36.3. The van der Waals surface area contributed by atoms with E-state index < -0.39 is 0 Å². The molecular weight excluding hydrogens is 773 g/mol. The first-order valence-corrected chi connectivity index (χ1v) is 20.6. The Bertz CT molecular complexity index is 2440. The fourth-order valence-corrected chi connectivity index (χ4v) is 8.48. The van der Waals surface area contributed by atoms with E-state index in [1.54, 1.807) is 24.3 Å². The fourth-order valence-electron chi connectivity index (χ4n) is 8.48. The van der Waals surface area contributed by atoms with E-state index in [4.69, 9.17) is 0 Å². The Hall–Kier alpha value is -7.32. The van der Waals surface area contributed by atoms with Crippen LogP contribution in [0.1, 0.15) is 110 Å². The summed E-state index contributed by atoms with van der Waals surface area (Å²) in [6, 6.07) is 37.7. The summed E-state index contributed by atoms with van der Waals surface area (Å²) in [6.07, 6.45) is 0. The molecule has 0 bridgehead atoms. The normalized spacial score (nSPS) is 11.3. The molecular formula is C54H52N2O6. The maximum Gasteiger partial charge on any atom is 0.255 e. The van der Waals surface area contributed by atoms with Crippen LogP contribution in [0.4, 0.5) is 11.4 Å². The Kier molecular flexibility index (Phi) is 12.0. The molecule has 0 aliphatic heterocycles. The van der Waals surface area contributed by atoms with Crippen LogP contribution >= 0.6 is 0 Å². The predicted octanol–water partition coefficient (Wildman–Crippen LogP) is 11.8. The van der Waals surface area contributed by atoms with Crippen molar-refractivity contribution < 1.29 is 30.0 Å². The third-order valence-corrected chi connectivity index (χ3v) is 11.8. The van der Waals surface area contributed by atoms with E-state index in [-0.39, 0.29) is 46.6 Å². The van der Waals surface area contributed by atoms with Gasteiger partial charge in [-0.3, -0.25) is 9.59 Å². The Morgan fingerprint density at radius 1 is 0.339 bits per heavy atom. The number of hydrogen-bond acceptors (Lipinski definition) is 6. The number of nitrogens with one attached hydrogen (secondary N) is 2. The molecule has 6 N–H and O–H groups in total. The van der Waals surface area contributed by atoms with Gasteiger partial charge in [0.25, 0.3) is 11.8 Å². The highest BCUT2D eigenvalue weighted by atomic mass is 16.3. The Morgan fingerprint density at radius 3 is 0.758 bits per heavy atom. The molecule has 0 heterocycles. The van der Waals surface area contributed by atoms with Crippen molar-refractivity contribution in [1.82, 2.24) is 0 Å². The number of hydrogen-bond donors (Lipinski definition) is 6. The van der Waals surface area contributed by atoms with Crippen LogP contribution in [0.15, 0.2) is 121 Å². The molecule has 7 rings (SSSR count). The van der Waals surface area contributed by atoms with Crippen molar-refractivity contribution in [3.63, 3.8) is 0 Å². The molecule has 0 spiro atoms. The minimum atomic E-state index is -0.320. The fraction of sp³-hybridized carbons (Fsp3) is 0.185. The van der Waals surface area contributed by atoms with Gasteiger partial charge in [0.05, 0.1) is 0 Å². The number of benzene rings is 7. The summed E-state index contributed by atoms with van der Waals surface area (Å²) in [6.45, 7) is 15.1. The van der Waals surface area contributed by atoms with Gasteiger partial charge in [-0.1, -0.05) is 72.8 Å². The number of phenolic OH excluding ortho intramolecular Hbond substituents is 4. The number of rotatable bonds is 10. The predicted molar refractivity (Wildman–Crippen MR) is 247 cm³/mol. The molecule has 0 saturated heterocycles. The molecule has 8 nitrogen and oxygen atoms in total. The van der Waals surface area contributed by atoms with Crippen molar-refractivity contribution in [2.45, 2.75) is 67.2 Å². The van der Waals surface area contributed by atoms with Crippen molar-refractivity contribution in [1.29, 1.82) is 0 Å². The molecule has 2 amide bonds. The lowest BCUT2D eigenvalue weighted by molar-refractivity contribution is 0.101. The molecule has 0 saturated carbocycles. The van der Waals surface area contributed by atoms with Crippen LogP contribution in [0.5, 0.6) is 23.0 Å². The van der Waals surface area contributed by atoms with Crippen molar-refractivity contribution in [2.24, 2.45) is 0 Å². The minimum absolute atomic E-state index is 0.192. The molecule has 0 aliphatic carbocycles. The van der Waals surface area contributed by atoms with Gasteiger partial charge in [0.15, 0.2) is 0 Å². The maximum absolute atomic E-state index is 13.4. The minimum Gasteiger partial charge on any atom is -0.507 e. The third-order valence-electron chi connectivity index (χ3n) is 11.8. The second kappa shape index (κ2) is 17.3. The van der Waals surface area contributed by atoms with E-state index in [1.807, 2.05) is 152 Å². The molecule has 0 atom stereocenters. The van der Waals surface area contributed by atoms with Crippen LogP contribution in [0.2, 0.25) is 0 Å². The first-order valence-electron chi connectivity index (χ1n) is 20.6. The molecule has 0 unspecified atom stereocenters. The highest BCUT2D eigenvalue weighted by Crippen LogP contribution is 2.40. The van der Waals surface area contributed by atoms with E-state index in [2.05, 4.69) is 10.6 Å². The van der Waals surface area contributed by atoms with Gasteiger partial charge in [-0.25, -0.2) is 0 Å². The summed E-state index contributed by atoms with van der Waals surface area (Å²) in [5.41, 5.74) is 14.2. The average Bonchev–Trinajstić information content (AvgIpc) is 3.24. The van der Waals surface area contributed by atoms with E-state index in [0.29, 0.717) is 22.5 Å². The van der Waals surface area contributed by atoms with Crippen LogP contribution in [0.3, 0.4) is 0 Å². The molecule has 8 heteroatoms. The van der Waals surface area contributed by atoms with Crippen LogP contribution in [0.25, 0.3) is 0 Å². The number of phenols is 4. The second-order valence-corrected chi connectivity index (χ2v) is 16.6. The van der Waals surface area contributed by atoms with Gasteiger partial charge in [-0.2, -0.15) is 0 Å². The Labute approximate surface area is 363 Å². The molecule has 0 aromatic heterocycles. The van der Waals surface area contributed by atoms with Crippen molar-refractivity contribution in [3.8, 4) is 23.0 Å². The van der Waals surface area contributed by atoms with Crippen LogP contribution in [-0.2, 0) is 0 Å². The van der Waals surface area contributed by atoms with Gasteiger partial charge in [-0.05, 0) is 182 Å². The third kappa shape index (κ3) is 8.77. The lowest BCUT2D eigenvalue weighted by Crippen LogP contribution is -2.14. The lowest BCUT2D eigenvalue weighted by Gasteiger charge is -2.22. The SMILES string of the molecule is Cc1cc(C(c2ccc(NC(=O)c3ccc(C(=O)Nc4ccc(C(c5cc(C)c(O)c(C)c5)c5cc(C)c(O)c(C)c5)cc4)cc3)cc2)c2cc(C)c(O)c(C)c2)cc(C)c1O. The Morgan fingerprint density at radius 2 is 0.548 bits per heavy atom. The molecule has 314 valence electrons. The number of aryl methyl sites for hydroxylation is 8. The van der Waals surface area contributed by atoms with Crippen molar-refractivity contribution >= 4 is 23.2 Å². The molecule has 0 radical (unpaired) electrons. The van der Waals surface area contributed by atoms with Gasteiger partial charge in [-0.15, -0.1) is 0 Å².